The second kappa shape index (κ2) is 6.49. The molecule has 1 aromatic heterocycles. The Morgan fingerprint density at radius 3 is 2.67 bits per heavy atom. The third-order valence-corrected chi connectivity index (χ3v) is 4.31. The number of carbonyl (C=O) groups excluding carboxylic acids is 1. The molecule has 4 nitrogen and oxygen atoms in total. The zero-order valence-corrected chi connectivity index (χ0v) is 14.4. The Labute approximate surface area is 145 Å². The smallest absolute Gasteiger partial charge is 0.356 e. The standard InChI is InChI=1S/C19H17ClN2O2/c1-11-7-8-16-13(9-11)17(10-18(22-16)19(23)24-3)21-15-6-4-5-14(20)12(15)2/h4-10H,1-3H3,(H,21,22). The highest BCUT2D eigenvalue weighted by Gasteiger charge is 2.13. The quantitative estimate of drug-likeness (QED) is 0.679. The number of pyridine rings is 1. The summed E-state index contributed by atoms with van der Waals surface area (Å²) in [5, 5.41) is 4.99. The SMILES string of the molecule is COC(=O)c1cc(Nc2cccc(Cl)c2C)c2cc(C)ccc2n1. The lowest BCUT2D eigenvalue weighted by atomic mass is 10.1. The molecule has 1 N–H and O–H groups in total. The van der Waals surface area contributed by atoms with Crippen LogP contribution in [0, 0.1) is 13.8 Å². The third kappa shape index (κ3) is 3.05. The summed E-state index contributed by atoms with van der Waals surface area (Å²) in [7, 11) is 1.34. The van der Waals surface area contributed by atoms with Gasteiger partial charge in [0, 0.05) is 16.1 Å². The molecule has 1 heterocycles. The van der Waals surface area contributed by atoms with Gasteiger partial charge in [0.1, 0.15) is 0 Å². The molecule has 3 rings (SSSR count). The van der Waals surface area contributed by atoms with Crippen LogP contribution in [-0.4, -0.2) is 18.1 Å². The van der Waals surface area contributed by atoms with Crippen molar-refractivity contribution in [2.75, 3.05) is 12.4 Å². The van der Waals surface area contributed by atoms with Gasteiger partial charge >= 0.3 is 5.97 Å². The van der Waals surface area contributed by atoms with Crippen LogP contribution in [0.4, 0.5) is 11.4 Å². The number of halogens is 1. The number of anilines is 2. The van der Waals surface area contributed by atoms with Crippen molar-refractivity contribution >= 4 is 39.8 Å². The zero-order valence-electron chi connectivity index (χ0n) is 13.7. The molecular formula is C19H17ClN2O2. The molecule has 2 aromatic carbocycles. The first-order valence-corrected chi connectivity index (χ1v) is 7.89. The van der Waals surface area contributed by atoms with Gasteiger partial charge in [-0.15, -0.1) is 0 Å². The van der Waals surface area contributed by atoms with Crippen molar-refractivity contribution in [1.82, 2.24) is 4.98 Å². The first-order valence-electron chi connectivity index (χ1n) is 7.51. The Kier molecular flexibility index (Phi) is 4.40. The molecule has 0 atom stereocenters. The first kappa shape index (κ1) is 16.3. The van der Waals surface area contributed by atoms with Gasteiger partial charge in [0.05, 0.1) is 18.3 Å². The Balaban J connectivity index is 2.18. The van der Waals surface area contributed by atoms with Crippen LogP contribution in [0.15, 0.2) is 42.5 Å². The lowest BCUT2D eigenvalue weighted by molar-refractivity contribution is 0.0594. The lowest BCUT2D eigenvalue weighted by Crippen LogP contribution is -2.06. The third-order valence-electron chi connectivity index (χ3n) is 3.90. The van der Waals surface area contributed by atoms with Crippen molar-refractivity contribution in [2.45, 2.75) is 13.8 Å². The van der Waals surface area contributed by atoms with Crippen molar-refractivity contribution in [3.05, 3.63) is 64.3 Å². The Morgan fingerprint density at radius 1 is 1.12 bits per heavy atom. The van der Waals surface area contributed by atoms with E-state index in [1.54, 1.807) is 6.07 Å². The van der Waals surface area contributed by atoms with Gasteiger partial charge in [-0.2, -0.15) is 0 Å². The highest BCUT2D eigenvalue weighted by atomic mass is 35.5. The molecule has 24 heavy (non-hydrogen) atoms. The van der Waals surface area contributed by atoms with Crippen LogP contribution < -0.4 is 5.32 Å². The van der Waals surface area contributed by atoms with Gasteiger partial charge in [0.25, 0.3) is 0 Å². The molecule has 0 bridgehead atoms. The van der Waals surface area contributed by atoms with E-state index in [9.17, 15) is 4.79 Å². The number of methoxy groups -OCH3 is 1. The van der Waals surface area contributed by atoms with Crippen molar-refractivity contribution < 1.29 is 9.53 Å². The summed E-state index contributed by atoms with van der Waals surface area (Å²) in [5.74, 6) is -0.469. The minimum atomic E-state index is -0.469. The Bertz CT molecular complexity index is 938. The van der Waals surface area contributed by atoms with E-state index < -0.39 is 5.97 Å². The molecule has 3 aromatic rings. The number of fused-ring (bicyclic) bond motifs is 1. The number of nitrogens with one attached hydrogen (secondary N) is 1. The number of rotatable bonds is 3. The molecule has 0 aliphatic rings. The predicted molar refractivity (Wildman–Crippen MR) is 97.3 cm³/mol. The highest BCUT2D eigenvalue weighted by molar-refractivity contribution is 6.31. The summed E-state index contributed by atoms with van der Waals surface area (Å²) >= 11 is 6.20. The number of ether oxygens (including phenoxy) is 1. The van der Waals surface area contributed by atoms with Crippen molar-refractivity contribution in [3.8, 4) is 0 Å². The molecular weight excluding hydrogens is 324 g/mol. The molecule has 122 valence electrons. The van der Waals surface area contributed by atoms with Crippen LogP contribution in [0.25, 0.3) is 10.9 Å². The maximum Gasteiger partial charge on any atom is 0.356 e. The summed E-state index contributed by atoms with van der Waals surface area (Å²) in [6.07, 6.45) is 0. The molecule has 0 aliphatic carbocycles. The van der Waals surface area contributed by atoms with Gasteiger partial charge in [0.2, 0.25) is 0 Å². The number of benzene rings is 2. The average Bonchev–Trinajstić information content (AvgIpc) is 2.58. The maximum atomic E-state index is 11.9. The van der Waals surface area contributed by atoms with Crippen LogP contribution in [-0.2, 0) is 4.74 Å². The normalized spacial score (nSPS) is 10.7. The molecule has 0 radical (unpaired) electrons. The fraction of sp³-hybridized carbons (Fsp3) is 0.158. The predicted octanol–water partition coefficient (Wildman–Crippen LogP) is 5.04. The topological polar surface area (TPSA) is 51.2 Å². The largest absolute Gasteiger partial charge is 0.464 e. The van der Waals surface area contributed by atoms with Crippen LogP contribution >= 0.6 is 11.6 Å². The summed E-state index contributed by atoms with van der Waals surface area (Å²) in [6.45, 7) is 3.96. The fourth-order valence-electron chi connectivity index (χ4n) is 2.54. The van der Waals surface area contributed by atoms with Gasteiger partial charge in [-0.05, 0) is 49.7 Å². The van der Waals surface area contributed by atoms with Crippen molar-refractivity contribution in [1.29, 1.82) is 0 Å². The highest BCUT2D eigenvalue weighted by Crippen LogP contribution is 2.31. The minimum Gasteiger partial charge on any atom is -0.464 e. The molecule has 0 aliphatic heterocycles. The van der Waals surface area contributed by atoms with Crippen LogP contribution in [0.1, 0.15) is 21.6 Å². The number of carbonyl (C=O) groups is 1. The van der Waals surface area contributed by atoms with Crippen LogP contribution in [0.3, 0.4) is 0 Å². The minimum absolute atomic E-state index is 0.260. The lowest BCUT2D eigenvalue weighted by Gasteiger charge is -2.14. The second-order valence-corrected chi connectivity index (χ2v) is 6.01. The van der Waals surface area contributed by atoms with Gasteiger partial charge in [0.15, 0.2) is 5.69 Å². The fourth-order valence-corrected chi connectivity index (χ4v) is 2.71. The number of hydrogen-bond donors (Lipinski definition) is 1. The molecule has 0 saturated carbocycles. The molecule has 0 spiro atoms. The summed E-state index contributed by atoms with van der Waals surface area (Å²) < 4.78 is 4.81. The van der Waals surface area contributed by atoms with Crippen molar-refractivity contribution in [2.24, 2.45) is 0 Å². The zero-order chi connectivity index (χ0) is 17.3. The molecule has 0 unspecified atom stereocenters. The van der Waals surface area contributed by atoms with E-state index in [0.29, 0.717) is 5.02 Å². The average molecular weight is 341 g/mol. The number of esters is 1. The van der Waals surface area contributed by atoms with E-state index in [1.807, 2.05) is 50.2 Å². The van der Waals surface area contributed by atoms with E-state index in [1.165, 1.54) is 7.11 Å². The van der Waals surface area contributed by atoms with Gasteiger partial charge < -0.3 is 10.1 Å². The summed E-state index contributed by atoms with van der Waals surface area (Å²) in [5.41, 5.74) is 4.71. The Hall–Kier alpha value is -2.59. The Morgan fingerprint density at radius 2 is 1.92 bits per heavy atom. The monoisotopic (exact) mass is 340 g/mol. The molecule has 0 saturated heterocycles. The number of hydrogen-bond acceptors (Lipinski definition) is 4. The van der Waals surface area contributed by atoms with E-state index in [-0.39, 0.29) is 5.69 Å². The second-order valence-electron chi connectivity index (χ2n) is 5.60. The first-order chi connectivity index (χ1) is 11.5. The molecule has 0 fully saturated rings. The maximum absolute atomic E-state index is 11.9. The number of nitrogens with zero attached hydrogens (tertiary/aromatic N) is 1. The van der Waals surface area contributed by atoms with Gasteiger partial charge in [-0.25, -0.2) is 9.78 Å². The number of aromatic nitrogens is 1. The molecule has 5 heteroatoms. The van der Waals surface area contributed by atoms with Crippen LogP contribution in [0.5, 0.6) is 0 Å². The van der Waals surface area contributed by atoms with E-state index in [2.05, 4.69) is 10.3 Å². The van der Waals surface area contributed by atoms with Crippen molar-refractivity contribution in [3.63, 3.8) is 0 Å². The van der Waals surface area contributed by atoms with E-state index in [4.69, 9.17) is 16.3 Å². The molecule has 0 amide bonds. The summed E-state index contributed by atoms with van der Waals surface area (Å²) in [6, 6.07) is 13.3. The van der Waals surface area contributed by atoms with Gasteiger partial charge in [-0.1, -0.05) is 29.3 Å². The van der Waals surface area contributed by atoms with E-state index in [0.717, 1.165) is 33.4 Å². The van der Waals surface area contributed by atoms with Crippen LogP contribution in [0.2, 0.25) is 5.02 Å². The van der Waals surface area contributed by atoms with E-state index >= 15 is 0 Å². The number of aryl methyl sites for hydroxylation is 1. The van der Waals surface area contributed by atoms with Gasteiger partial charge in [-0.3, -0.25) is 0 Å². The summed E-state index contributed by atoms with van der Waals surface area (Å²) in [4.78, 5) is 16.3.